The summed E-state index contributed by atoms with van der Waals surface area (Å²) in [6, 6.07) is 7.32. The summed E-state index contributed by atoms with van der Waals surface area (Å²) in [5.74, 6) is -9.47. The molecule has 2 rings (SSSR count). The minimum absolute atomic E-state index is 0.0189. The van der Waals surface area contributed by atoms with Gasteiger partial charge in [0.1, 0.15) is 12.4 Å². The van der Waals surface area contributed by atoms with E-state index in [1.165, 1.54) is 0 Å². The Balaban J connectivity index is 2.00. The topological polar surface area (TPSA) is 27.7 Å². The van der Waals surface area contributed by atoms with Crippen molar-refractivity contribution < 1.29 is 35.9 Å². The third-order valence-corrected chi connectivity index (χ3v) is 10.3. The Kier molecular flexibility index (Phi) is 8.35. The lowest BCUT2D eigenvalue weighted by atomic mass is 10.1. The van der Waals surface area contributed by atoms with Crippen LogP contribution in [0.15, 0.2) is 24.3 Å². The van der Waals surface area contributed by atoms with E-state index in [0.717, 1.165) is 5.56 Å². The van der Waals surface area contributed by atoms with Crippen LogP contribution in [0, 0.1) is 29.1 Å². The minimum atomic E-state index is -2.20. The summed E-state index contributed by atoms with van der Waals surface area (Å²) in [6.45, 7) is 13.6. The normalized spacial score (nSPS) is 12.8. The Labute approximate surface area is 193 Å². The fourth-order valence-corrected chi connectivity index (χ4v) is 3.51. The molecule has 0 saturated carbocycles. The summed E-state index contributed by atoms with van der Waals surface area (Å²) < 4.78 is 85.1. The van der Waals surface area contributed by atoms with Gasteiger partial charge in [-0.05, 0) is 49.7 Å². The van der Waals surface area contributed by atoms with Crippen LogP contribution in [0.2, 0.25) is 18.1 Å². The molecule has 0 N–H and O–H groups in total. The zero-order chi connectivity index (χ0) is 25.2. The Morgan fingerprint density at radius 3 is 1.88 bits per heavy atom. The Morgan fingerprint density at radius 2 is 1.33 bits per heavy atom. The third-order valence-electron chi connectivity index (χ3n) is 5.80. The SMILES string of the molecule is CC(C)(COc1cccc(CO[Si](C)(C)C(C)(C)C)c1)OCc1c(F)c(F)c(F)c(F)c1F. The molecule has 0 aromatic heterocycles. The molecule has 0 atom stereocenters. The van der Waals surface area contributed by atoms with Gasteiger partial charge in [-0.25, -0.2) is 22.0 Å². The van der Waals surface area contributed by atoms with Crippen molar-refractivity contribution >= 4 is 8.32 Å². The van der Waals surface area contributed by atoms with Crippen LogP contribution in [0.3, 0.4) is 0 Å². The molecular formula is C24H31F5O3Si. The van der Waals surface area contributed by atoms with E-state index in [9.17, 15) is 22.0 Å². The Morgan fingerprint density at radius 1 is 0.788 bits per heavy atom. The standard InChI is InChI=1S/C24H31F5O3Si/c1-23(2,3)33(6,7)32-12-15-9-8-10-16(11-15)30-14-24(4,5)31-13-17-18(25)20(27)22(29)21(28)19(17)26/h8-11H,12-14H2,1-7H3. The quantitative estimate of drug-likeness (QED) is 0.160. The lowest BCUT2D eigenvalue weighted by Gasteiger charge is -2.36. The fraction of sp³-hybridized carbons (Fsp3) is 0.500. The maximum atomic E-state index is 13.9. The van der Waals surface area contributed by atoms with Crippen LogP contribution < -0.4 is 4.74 Å². The molecule has 0 heterocycles. The summed E-state index contributed by atoms with van der Waals surface area (Å²) >= 11 is 0. The van der Waals surface area contributed by atoms with Gasteiger partial charge in [0.2, 0.25) is 5.82 Å². The molecule has 184 valence electrons. The number of ether oxygens (including phenoxy) is 2. The summed E-state index contributed by atoms with van der Waals surface area (Å²) in [5, 5.41) is 0.0811. The molecule has 33 heavy (non-hydrogen) atoms. The average Bonchev–Trinajstić information content (AvgIpc) is 2.73. The van der Waals surface area contributed by atoms with Gasteiger partial charge in [0.25, 0.3) is 0 Å². The van der Waals surface area contributed by atoms with Gasteiger partial charge < -0.3 is 13.9 Å². The van der Waals surface area contributed by atoms with Gasteiger partial charge in [0, 0.05) is 0 Å². The van der Waals surface area contributed by atoms with Crippen LogP contribution in [-0.4, -0.2) is 20.5 Å². The van der Waals surface area contributed by atoms with Gasteiger partial charge in [0.15, 0.2) is 31.6 Å². The van der Waals surface area contributed by atoms with Crippen LogP contribution in [0.5, 0.6) is 5.75 Å². The first kappa shape index (κ1) is 27.3. The van der Waals surface area contributed by atoms with Gasteiger partial charge in [-0.2, -0.15) is 0 Å². The highest BCUT2D eigenvalue weighted by Crippen LogP contribution is 2.37. The molecule has 0 aliphatic heterocycles. The first-order valence-corrected chi connectivity index (χ1v) is 13.5. The maximum absolute atomic E-state index is 13.9. The zero-order valence-corrected chi connectivity index (χ0v) is 21.0. The molecule has 0 radical (unpaired) electrons. The second-order valence-electron chi connectivity index (χ2n) is 10.1. The molecule has 0 saturated heterocycles. The smallest absolute Gasteiger partial charge is 0.200 e. The molecule has 0 amide bonds. The van der Waals surface area contributed by atoms with E-state index in [1.54, 1.807) is 19.9 Å². The highest BCUT2D eigenvalue weighted by Gasteiger charge is 2.37. The van der Waals surface area contributed by atoms with Gasteiger partial charge in [-0.15, -0.1) is 0 Å². The molecule has 0 aliphatic rings. The molecule has 0 unspecified atom stereocenters. The predicted octanol–water partition coefficient (Wildman–Crippen LogP) is 7.28. The highest BCUT2D eigenvalue weighted by atomic mass is 28.4. The average molecular weight is 491 g/mol. The number of hydrogen-bond acceptors (Lipinski definition) is 3. The van der Waals surface area contributed by atoms with E-state index >= 15 is 0 Å². The minimum Gasteiger partial charge on any atom is -0.491 e. The number of benzene rings is 2. The number of halogens is 5. The lowest BCUT2D eigenvalue weighted by molar-refractivity contribution is -0.0590. The van der Waals surface area contributed by atoms with Crippen molar-refractivity contribution in [1.29, 1.82) is 0 Å². The number of rotatable bonds is 9. The van der Waals surface area contributed by atoms with Gasteiger partial charge in [0.05, 0.1) is 24.4 Å². The van der Waals surface area contributed by atoms with Crippen LogP contribution in [0.4, 0.5) is 22.0 Å². The van der Waals surface area contributed by atoms with Crippen LogP contribution in [-0.2, 0) is 22.4 Å². The predicted molar refractivity (Wildman–Crippen MR) is 119 cm³/mol. The number of hydrogen-bond donors (Lipinski definition) is 0. The van der Waals surface area contributed by atoms with Crippen molar-refractivity contribution in [1.82, 2.24) is 0 Å². The van der Waals surface area contributed by atoms with Crippen molar-refractivity contribution in [3.63, 3.8) is 0 Å². The molecule has 0 fully saturated rings. The van der Waals surface area contributed by atoms with Gasteiger partial charge in [-0.1, -0.05) is 32.9 Å². The monoisotopic (exact) mass is 490 g/mol. The van der Waals surface area contributed by atoms with E-state index in [-0.39, 0.29) is 11.6 Å². The van der Waals surface area contributed by atoms with E-state index in [2.05, 4.69) is 33.9 Å². The van der Waals surface area contributed by atoms with Crippen LogP contribution in [0.25, 0.3) is 0 Å². The Bertz CT molecular complexity index is 958. The summed E-state index contributed by atoms with van der Waals surface area (Å²) in [4.78, 5) is 0. The lowest BCUT2D eigenvalue weighted by Crippen LogP contribution is -2.40. The molecular weight excluding hydrogens is 459 g/mol. The van der Waals surface area contributed by atoms with Crippen LogP contribution in [0.1, 0.15) is 45.7 Å². The van der Waals surface area contributed by atoms with Crippen molar-refractivity contribution in [2.75, 3.05) is 6.61 Å². The third kappa shape index (κ3) is 6.77. The largest absolute Gasteiger partial charge is 0.491 e. The molecule has 3 nitrogen and oxygen atoms in total. The second-order valence-corrected chi connectivity index (χ2v) is 14.9. The second kappa shape index (κ2) is 10.1. The molecule has 2 aromatic rings. The molecule has 0 spiro atoms. The van der Waals surface area contributed by atoms with E-state index in [4.69, 9.17) is 13.9 Å². The molecule has 2 aromatic carbocycles. The zero-order valence-electron chi connectivity index (χ0n) is 20.0. The molecule has 0 bridgehead atoms. The van der Waals surface area contributed by atoms with Gasteiger partial charge >= 0.3 is 0 Å². The van der Waals surface area contributed by atoms with Crippen molar-refractivity contribution in [2.24, 2.45) is 0 Å². The Hall–Kier alpha value is -1.97. The van der Waals surface area contributed by atoms with E-state index in [0.29, 0.717) is 12.4 Å². The molecule has 9 heteroatoms. The summed E-state index contributed by atoms with van der Waals surface area (Å²) in [6.07, 6.45) is 0. The van der Waals surface area contributed by atoms with E-state index in [1.807, 2.05) is 18.2 Å². The maximum Gasteiger partial charge on any atom is 0.200 e. The van der Waals surface area contributed by atoms with Gasteiger partial charge in [-0.3, -0.25) is 0 Å². The van der Waals surface area contributed by atoms with Crippen LogP contribution >= 0.6 is 0 Å². The van der Waals surface area contributed by atoms with Crippen molar-refractivity contribution in [2.45, 2.75) is 71.6 Å². The first-order chi connectivity index (χ1) is 15.1. The first-order valence-electron chi connectivity index (χ1n) is 10.6. The highest BCUT2D eigenvalue weighted by molar-refractivity contribution is 6.74. The fourth-order valence-electron chi connectivity index (χ4n) is 2.55. The summed E-state index contributed by atoms with van der Waals surface area (Å²) in [7, 11) is -1.92. The van der Waals surface area contributed by atoms with Crippen molar-refractivity contribution in [3.8, 4) is 5.75 Å². The van der Waals surface area contributed by atoms with E-state index < -0.39 is 55.2 Å². The summed E-state index contributed by atoms with van der Waals surface area (Å²) in [5.41, 5.74) is -1.17. The molecule has 0 aliphatic carbocycles. The van der Waals surface area contributed by atoms with Crippen molar-refractivity contribution in [3.05, 3.63) is 64.5 Å².